The molecular formula is C18H26N2. The highest BCUT2D eigenvalue weighted by molar-refractivity contribution is 5.87. The summed E-state index contributed by atoms with van der Waals surface area (Å²) in [5.74, 6) is 0. The molecular weight excluding hydrogens is 244 g/mol. The molecule has 1 heterocycles. The third kappa shape index (κ3) is 2.57. The summed E-state index contributed by atoms with van der Waals surface area (Å²) < 4.78 is 0. The maximum atomic E-state index is 6.40. The first-order valence-electron chi connectivity index (χ1n) is 7.22. The van der Waals surface area contributed by atoms with E-state index in [1.165, 1.54) is 22.1 Å². The van der Waals surface area contributed by atoms with E-state index in [9.17, 15) is 0 Å². The minimum Gasteiger partial charge on any atom is -0.322 e. The molecule has 1 aromatic carbocycles. The number of benzene rings is 1. The number of pyridine rings is 1. The number of hydrogen-bond donors (Lipinski definition) is 1. The van der Waals surface area contributed by atoms with Gasteiger partial charge in [0.1, 0.15) is 0 Å². The van der Waals surface area contributed by atoms with Crippen molar-refractivity contribution in [1.82, 2.24) is 4.98 Å². The van der Waals surface area contributed by atoms with Gasteiger partial charge >= 0.3 is 0 Å². The van der Waals surface area contributed by atoms with Gasteiger partial charge in [0, 0.05) is 22.0 Å². The Kier molecular flexibility index (Phi) is 3.42. The van der Waals surface area contributed by atoms with Crippen LogP contribution in [0.5, 0.6) is 0 Å². The van der Waals surface area contributed by atoms with Crippen LogP contribution in [-0.2, 0) is 11.0 Å². The number of hydrogen-bond acceptors (Lipinski definition) is 2. The molecule has 0 unspecified atom stereocenters. The van der Waals surface area contributed by atoms with E-state index in [-0.39, 0.29) is 11.0 Å². The molecule has 0 bridgehead atoms. The zero-order valence-corrected chi connectivity index (χ0v) is 13.8. The molecule has 20 heavy (non-hydrogen) atoms. The third-order valence-corrected chi connectivity index (χ3v) is 3.97. The quantitative estimate of drug-likeness (QED) is 0.837. The van der Waals surface area contributed by atoms with Gasteiger partial charge in [0.15, 0.2) is 0 Å². The Balaban J connectivity index is 2.93. The molecule has 0 aliphatic heterocycles. The zero-order valence-electron chi connectivity index (χ0n) is 13.8. The van der Waals surface area contributed by atoms with Gasteiger partial charge in [0.05, 0.1) is 5.52 Å². The maximum Gasteiger partial charge on any atom is 0.0740 e. The van der Waals surface area contributed by atoms with E-state index in [0.29, 0.717) is 0 Å². The lowest BCUT2D eigenvalue weighted by Gasteiger charge is -2.26. The van der Waals surface area contributed by atoms with Crippen molar-refractivity contribution in [3.8, 4) is 0 Å². The summed E-state index contributed by atoms with van der Waals surface area (Å²) in [5, 5.41) is 1.17. The zero-order chi connectivity index (χ0) is 15.3. The van der Waals surface area contributed by atoms with E-state index in [0.717, 1.165) is 11.2 Å². The lowest BCUT2D eigenvalue weighted by atomic mass is 9.84. The first-order valence-corrected chi connectivity index (χ1v) is 7.22. The van der Waals surface area contributed by atoms with Gasteiger partial charge in [-0.05, 0) is 50.5 Å². The molecule has 1 aromatic heterocycles. The van der Waals surface area contributed by atoms with Crippen LogP contribution in [0.15, 0.2) is 18.2 Å². The smallest absolute Gasteiger partial charge is 0.0740 e. The SMILES string of the molecule is Cc1ccc2c(C(C)(C)N)cc(C(C)(C)C)nc2c1C. The van der Waals surface area contributed by atoms with Crippen molar-refractivity contribution < 1.29 is 0 Å². The number of nitrogens with zero attached hydrogens (tertiary/aromatic N) is 1. The third-order valence-electron chi connectivity index (χ3n) is 3.97. The Bertz CT molecular complexity index is 656. The van der Waals surface area contributed by atoms with Gasteiger partial charge in [0.25, 0.3) is 0 Å². The van der Waals surface area contributed by atoms with Crippen molar-refractivity contribution in [2.24, 2.45) is 5.73 Å². The second-order valence-electron chi connectivity index (χ2n) is 7.43. The second-order valence-corrected chi connectivity index (χ2v) is 7.43. The molecule has 0 spiro atoms. The van der Waals surface area contributed by atoms with Crippen LogP contribution >= 0.6 is 0 Å². The lowest BCUT2D eigenvalue weighted by Crippen LogP contribution is -2.30. The Morgan fingerprint density at radius 2 is 1.60 bits per heavy atom. The van der Waals surface area contributed by atoms with E-state index in [4.69, 9.17) is 10.7 Å². The van der Waals surface area contributed by atoms with Gasteiger partial charge in [-0.1, -0.05) is 32.9 Å². The lowest BCUT2D eigenvalue weighted by molar-refractivity contribution is 0.542. The highest BCUT2D eigenvalue weighted by Crippen LogP contribution is 2.33. The van der Waals surface area contributed by atoms with E-state index in [1.807, 2.05) is 0 Å². The van der Waals surface area contributed by atoms with Crippen LogP contribution in [0, 0.1) is 13.8 Å². The molecule has 0 aliphatic carbocycles. The predicted octanol–water partition coefficient (Wildman–Crippen LogP) is 4.34. The summed E-state index contributed by atoms with van der Waals surface area (Å²) in [6, 6.07) is 6.49. The summed E-state index contributed by atoms with van der Waals surface area (Å²) >= 11 is 0. The fourth-order valence-corrected chi connectivity index (χ4v) is 2.45. The molecule has 0 fully saturated rings. The molecule has 2 N–H and O–H groups in total. The molecule has 0 amide bonds. The Labute approximate surface area is 122 Å². The topological polar surface area (TPSA) is 38.9 Å². The summed E-state index contributed by atoms with van der Waals surface area (Å²) in [7, 11) is 0. The van der Waals surface area contributed by atoms with Gasteiger partial charge < -0.3 is 5.73 Å². The first kappa shape index (κ1) is 15.0. The molecule has 0 saturated heterocycles. The first-order chi connectivity index (χ1) is 9.01. The van der Waals surface area contributed by atoms with Gasteiger partial charge in [-0.3, -0.25) is 4.98 Å². The molecule has 2 heteroatoms. The van der Waals surface area contributed by atoms with Gasteiger partial charge in [-0.15, -0.1) is 0 Å². The summed E-state index contributed by atoms with van der Waals surface area (Å²) in [6.45, 7) is 15.0. The normalized spacial score (nSPS) is 13.0. The number of aryl methyl sites for hydroxylation is 2. The average molecular weight is 270 g/mol. The highest BCUT2D eigenvalue weighted by atomic mass is 14.8. The highest BCUT2D eigenvalue weighted by Gasteiger charge is 2.24. The molecule has 0 atom stereocenters. The van der Waals surface area contributed by atoms with Gasteiger partial charge in [-0.25, -0.2) is 0 Å². The van der Waals surface area contributed by atoms with Crippen LogP contribution in [0.2, 0.25) is 0 Å². The molecule has 0 radical (unpaired) electrons. The second kappa shape index (κ2) is 4.56. The van der Waals surface area contributed by atoms with Crippen molar-refractivity contribution in [3.05, 3.63) is 40.6 Å². The predicted molar refractivity (Wildman–Crippen MR) is 87.1 cm³/mol. The number of fused-ring (bicyclic) bond motifs is 1. The molecule has 0 aliphatic rings. The van der Waals surface area contributed by atoms with Crippen molar-refractivity contribution in [2.45, 2.75) is 59.4 Å². The van der Waals surface area contributed by atoms with Crippen molar-refractivity contribution in [2.75, 3.05) is 0 Å². The summed E-state index contributed by atoms with van der Waals surface area (Å²) in [4.78, 5) is 4.93. The van der Waals surface area contributed by atoms with Crippen molar-refractivity contribution in [3.63, 3.8) is 0 Å². The molecule has 0 saturated carbocycles. The number of rotatable bonds is 1. The van der Waals surface area contributed by atoms with Crippen LogP contribution in [0.3, 0.4) is 0 Å². The monoisotopic (exact) mass is 270 g/mol. The number of aromatic nitrogens is 1. The largest absolute Gasteiger partial charge is 0.322 e. The fraction of sp³-hybridized carbons (Fsp3) is 0.500. The standard InChI is InChI=1S/C18H26N2/c1-11-8-9-13-14(18(6,7)19)10-15(17(3,4)5)20-16(13)12(11)2/h8-10H,19H2,1-7H3. The van der Waals surface area contributed by atoms with Crippen LogP contribution in [0.1, 0.15) is 57.0 Å². The van der Waals surface area contributed by atoms with Crippen molar-refractivity contribution in [1.29, 1.82) is 0 Å². The summed E-state index contributed by atoms with van der Waals surface area (Å²) in [6.07, 6.45) is 0. The van der Waals surface area contributed by atoms with Gasteiger partial charge in [-0.2, -0.15) is 0 Å². The van der Waals surface area contributed by atoms with Crippen molar-refractivity contribution >= 4 is 10.9 Å². The Morgan fingerprint density at radius 1 is 1.00 bits per heavy atom. The fourth-order valence-electron chi connectivity index (χ4n) is 2.45. The molecule has 2 aromatic rings. The van der Waals surface area contributed by atoms with Crippen LogP contribution in [0.4, 0.5) is 0 Å². The number of nitrogens with two attached hydrogens (primary N) is 1. The summed E-state index contributed by atoms with van der Waals surface area (Å²) in [5.41, 5.74) is 11.9. The van der Waals surface area contributed by atoms with Crippen LogP contribution in [0.25, 0.3) is 10.9 Å². The Hall–Kier alpha value is -1.41. The van der Waals surface area contributed by atoms with E-state index in [2.05, 4.69) is 66.7 Å². The molecule has 108 valence electrons. The van der Waals surface area contributed by atoms with E-state index >= 15 is 0 Å². The van der Waals surface area contributed by atoms with E-state index in [1.54, 1.807) is 0 Å². The Morgan fingerprint density at radius 3 is 2.10 bits per heavy atom. The van der Waals surface area contributed by atoms with E-state index < -0.39 is 0 Å². The minimum atomic E-state index is -0.372. The molecule has 2 rings (SSSR count). The minimum absolute atomic E-state index is 0.0182. The van der Waals surface area contributed by atoms with Crippen LogP contribution in [-0.4, -0.2) is 4.98 Å². The van der Waals surface area contributed by atoms with Crippen LogP contribution < -0.4 is 5.73 Å². The average Bonchev–Trinajstić information content (AvgIpc) is 2.30. The van der Waals surface area contributed by atoms with Gasteiger partial charge in [0.2, 0.25) is 0 Å². The maximum absolute atomic E-state index is 6.40. The molecule has 2 nitrogen and oxygen atoms in total.